The standard InChI is InChI=1S/C15H27N3O6/c1-9(2)17-15(22)16-8-11-14(21)13(20)10(24-11)7-12(19)18-3-5-23-6-4-18/h9-11,13-14,20-21H,3-8H2,1-2H3,(H2,16,17,22)/t10-,11+,13-,14+/m0/s1. The van der Waals surface area contributed by atoms with Crippen molar-refractivity contribution in [2.45, 2.75) is 50.7 Å². The zero-order chi connectivity index (χ0) is 17.7. The molecule has 2 rings (SSSR count). The second-order valence-corrected chi connectivity index (χ2v) is 6.40. The molecule has 2 heterocycles. The number of aliphatic hydroxyl groups is 2. The lowest BCUT2D eigenvalue weighted by Gasteiger charge is -2.28. The minimum absolute atomic E-state index is 0.00703. The summed E-state index contributed by atoms with van der Waals surface area (Å²) in [5, 5.41) is 25.4. The van der Waals surface area contributed by atoms with Crippen molar-refractivity contribution in [2.75, 3.05) is 32.8 Å². The van der Waals surface area contributed by atoms with E-state index in [0.29, 0.717) is 26.3 Å². The number of urea groups is 1. The van der Waals surface area contributed by atoms with Crippen molar-refractivity contribution in [1.82, 2.24) is 15.5 Å². The second-order valence-electron chi connectivity index (χ2n) is 6.40. The third-order valence-corrected chi connectivity index (χ3v) is 4.08. The molecule has 9 heteroatoms. The molecule has 0 aliphatic carbocycles. The SMILES string of the molecule is CC(C)NC(=O)NC[C@H]1O[C@@H](CC(=O)N2CCOCC2)[C@H](O)[C@@H]1O. The molecule has 4 atom stereocenters. The lowest BCUT2D eigenvalue weighted by atomic mass is 10.0. The number of carbonyl (C=O) groups excluding carboxylic acids is 2. The van der Waals surface area contributed by atoms with Crippen LogP contribution in [0.1, 0.15) is 20.3 Å². The van der Waals surface area contributed by atoms with Crippen molar-refractivity contribution < 1.29 is 29.3 Å². The van der Waals surface area contributed by atoms with Crippen molar-refractivity contribution in [3.05, 3.63) is 0 Å². The van der Waals surface area contributed by atoms with Crippen LogP contribution in [-0.4, -0.2) is 90.4 Å². The average molecular weight is 345 g/mol. The van der Waals surface area contributed by atoms with Gasteiger partial charge in [0.1, 0.15) is 18.3 Å². The molecular weight excluding hydrogens is 318 g/mol. The van der Waals surface area contributed by atoms with Crippen molar-refractivity contribution in [3.8, 4) is 0 Å². The Morgan fingerprint density at radius 1 is 1.17 bits per heavy atom. The van der Waals surface area contributed by atoms with E-state index >= 15 is 0 Å². The molecule has 4 N–H and O–H groups in total. The van der Waals surface area contributed by atoms with Crippen molar-refractivity contribution in [3.63, 3.8) is 0 Å². The summed E-state index contributed by atoms with van der Waals surface area (Å²) in [5.41, 5.74) is 0. The molecule has 0 bridgehead atoms. The molecule has 2 aliphatic heterocycles. The first kappa shape index (κ1) is 18.9. The smallest absolute Gasteiger partial charge is 0.315 e. The summed E-state index contributed by atoms with van der Waals surface area (Å²) >= 11 is 0. The van der Waals surface area contributed by atoms with Crippen LogP contribution in [-0.2, 0) is 14.3 Å². The first-order valence-corrected chi connectivity index (χ1v) is 8.30. The van der Waals surface area contributed by atoms with Gasteiger partial charge in [0.15, 0.2) is 0 Å². The molecule has 3 amide bonds. The van der Waals surface area contributed by atoms with E-state index in [2.05, 4.69) is 10.6 Å². The topological polar surface area (TPSA) is 120 Å². The van der Waals surface area contributed by atoms with Gasteiger partial charge in [-0.2, -0.15) is 0 Å². The van der Waals surface area contributed by atoms with Crippen LogP contribution in [0.15, 0.2) is 0 Å². The first-order valence-electron chi connectivity index (χ1n) is 8.30. The van der Waals surface area contributed by atoms with Crippen LogP contribution in [0, 0.1) is 0 Å². The number of aliphatic hydroxyl groups excluding tert-OH is 2. The van der Waals surface area contributed by atoms with Crippen LogP contribution in [0.25, 0.3) is 0 Å². The molecule has 0 unspecified atom stereocenters. The summed E-state index contributed by atoms with van der Waals surface area (Å²) in [6.07, 6.45) is -3.84. The van der Waals surface area contributed by atoms with E-state index in [9.17, 15) is 19.8 Å². The van der Waals surface area contributed by atoms with Gasteiger partial charge in [0.05, 0.1) is 25.7 Å². The lowest BCUT2D eigenvalue weighted by molar-refractivity contribution is -0.139. The van der Waals surface area contributed by atoms with Gasteiger partial charge in [0.2, 0.25) is 5.91 Å². The first-order chi connectivity index (χ1) is 11.4. The molecule has 0 aromatic carbocycles. The third-order valence-electron chi connectivity index (χ3n) is 4.08. The minimum atomic E-state index is -1.16. The molecule has 2 fully saturated rings. The molecule has 2 saturated heterocycles. The number of rotatable bonds is 5. The summed E-state index contributed by atoms with van der Waals surface area (Å²) < 4.78 is 10.8. The van der Waals surface area contributed by atoms with Gasteiger partial charge in [-0.05, 0) is 13.8 Å². The summed E-state index contributed by atoms with van der Waals surface area (Å²) in [7, 11) is 0. The molecule has 9 nitrogen and oxygen atoms in total. The Morgan fingerprint density at radius 2 is 1.79 bits per heavy atom. The highest BCUT2D eigenvalue weighted by atomic mass is 16.5. The summed E-state index contributed by atoms with van der Waals surface area (Å²) in [6.45, 7) is 5.75. The maximum atomic E-state index is 12.2. The van der Waals surface area contributed by atoms with Crippen molar-refractivity contribution in [2.24, 2.45) is 0 Å². The monoisotopic (exact) mass is 345 g/mol. The molecule has 2 aliphatic rings. The van der Waals surface area contributed by atoms with E-state index in [1.165, 1.54) is 0 Å². The molecule has 24 heavy (non-hydrogen) atoms. The molecule has 0 aromatic heterocycles. The molecule has 0 aromatic rings. The Morgan fingerprint density at radius 3 is 2.42 bits per heavy atom. The molecule has 0 saturated carbocycles. The van der Waals surface area contributed by atoms with Crippen molar-refractivity contribution in [1.29, 1.82) is 0 Å². The Kier molecular flexibility index (Phi) is 6.79. The van der Waals surface area contributed by atoms with Crippen LogP contribution in [0.3, 0.4) is 0 Å². The highest BCUT2D eigenvalue weighted by molar-refractivity contribution is 5.77. The fourth-order valence-electron chi connectivity index (χ4n) is 2.78. The van der Waals surface area contributed by atoms with E-state index in [1.54, 1.807) is 4.90 Å². The quantitative estimate of drug-likeness (QED) is 0.478. The Bertz CT molecular complexity index is 441. The fraction of sp³-hybridized carbons (Fsp3) is 0.867. The van der Waals surface area contributed by atoms with Gasteiger partial charge in [-0.1, -0.05) is 0 Å². The molecule has 0 spiro atoms. The third kappa shape index (κ3) is 5.04. The number of hydrogen-bond donors (Lipinski definition) is 4. The van der Waals surface area contributed by atoms with Gasteiger partial charge in [0.25, 0.3) is 0 Å². The maximum Gasteiger partial charge on any atom is 0.315 e. The summed E-state index contributed by atoms with van der Waals surface area (Å²) in [4.78, 5) is 25.4. The van der Waals surface area contributed by atoms with Crippen LogP contribution >= 0.6 is 0 Å². The van der Waals surface area contributed by atoms with Gasteiger partial charge in [-0.25, -0.2) is 4.79 Å². The highest BCUT2D eigenvalue weighted by Gasteiger charge is 2.43. The van der Waals surface area contributed by atoms with Crippen LogP contribution in [0.2, 0.25) is 0 Å². The van der Waals surface area contributed by atoms with E-state index in [-0.39, 0.29) is 30.9 Å². The number of carbonyl (C=O) groups is 2. The molecule has 138 valence electrons. The Hall–Kier alpha value is -1.42. The number of amides is 3. The normalized spacial score (nSPS) is 30.5. The zero-order valence-corrected chi connectivity index (χ0v) is 14.1. The Balaban J connectivity index is 1.80. The summed E-state index contributed by atoms with van der Waals surface area (Å²) in [6, 6.07) is -0.382. The molecular formula is C15H27N3O6. The number of morpholine rings is 1. The van der Waals surface area contributed by atoms with E-state index in [1.807, 2.05) is 13.8 Å². The fourth-order valence-corrected chi connectivity index (χ4v) is 2.78. The largest absolute Gasteiger partial charge is 0.388 e. The average Bonchev–Trinajstić information content (AvgIpc) is 2.81. The van der Waals surface area contributed by atoms with Crippen molar-refractivity contribution >= 4 is 11.9 Å². The zero-order valence-electron chi connectivity index (χ0n) is 14.1. The van der Waals surface area contributed by atoms with Gasteiger partial charge in [-0.15, -0.1) is 0 Å². The van der Waals surface area contributed by atoms with Gasteiger partial charge in [-0.3, -0.25) is 4.79 Å². The van der Waals surface area contributed by atoms with Gasteiger partial charge in [0, 0.05) is 25.7 Å². The van der Waals surface area contributed by atoms with Crippen LogP contribution in [0.5, 0.6) is 0 Å². The second kappa shape index (κ2) is 8.61. The lowest BCUT2D eigenvalue weighted by Crippen LogP contribution is -2.45. The number of nitrogens with zero attached hydrogens (tertiary/aromatic N) is 1. The predicted molar refractivity (Wildman–Crippen MR) is 84.4 cm³/mol. The number of nitrogens with one attached hydrogen (secondary N) is 2. The van der Waals surface area contributed by atoms with E-state index < -0.39 is 24.4 Å². The minimum Gasteiger partial charge on any atom is -0.388 e. The summed E-state index contributed by atoms with van der Waals surface area (Å²) in [5.74, 6) is -0.138. The highest BCUT2D eigenvalue weighted by Crippen LogP contribution is 2.24. The van der Waals surface area contributed by atoms with Crippen LogP contribution < -0.4 is 10.6 Å². The number of hydrogen-bond acceptors (Lipinski definition) is 6. The van der Waals surface area contributed by atoms with Gasteiger partial charge >= 0.3 is 6.03 Å². The van der Waals surface area contributed by atoms with E-state index in [4.69, 9.17) is 9.47 Å². The van der Waals surface area contributed by atoms with E-state index in [0.717, 1.165) is 0 Å². The van der Waals surface area contributed by atoms with Gasteiger partial charge < -0.3 is 35.2 Å². The Labute approximate surface area is 141 Å². The predicted octanol–water partition coefficient (Wildman–Crippen LogP) is -1.57. The molecule has 0 radical (unpaired) electrons. The van der Waals surface area contributed by atoms with Crippen LogP contribution in [0.4, 0.5) is 4.79 Å². The maximum absolute atomic E-state index is 12.2. The number of ether oxygens (including phenoxy) is 2.